The second-order valence-corrected chi connectivity index (χ2v) is 7.28. The topological polar surface area (TPSA) is 38.3 Å². The third-order valence-electron chi connectivity index (χ3n) is 4.32. The number of hydrogen-bond acceptors (Lipinski definition) is 3. The van der Waals surface area contributed by atoms with Crippen molar-refractivity contribution in [2.75, 3.05) is 7.11 Å². The van der Waals surface area contributed by atoms with Gasteiger partial charge in [0.05, 0.1) is 13.2 Å². The summed E-state index contributed by atoms with van der Waals surface area (Å²) in [5.74, 6) is 1.57. The number of carbonyl (C=O) groups is 1. The van der Waals surface area contributed by atoms with E-state index >= 15 is 0 Å². The van der Waals surface area contributed by atoms with Gasteiger partial charge in [-0.3, -0.25) is 4.79 Å². The van der Waals surface area contributed by atoms with Gasteiger partial charge >= 0.3 is 0 Å². The van der Waals surface area contributed by atoms with Gasteiger partial charge in [-0.1, -0.05) is 48.5 Å². The van der Waals surface area contributed by atoms with Crippen LogP contribution >= 0.6 is 11.8 Å². The molecule has 3 aromatic carbocycles. The van der Waals surface area contributed by atoms with Crippen molar-refractivity contribution in [1.29, 1.82) is 0 Å². The fraction of sp³-hybridized carbons (Fsp3) is 0.174. The van der Waals surface area contributed by atoms with Crippen LogP contribution in [-0.4, -0.2) is 13.0 Å². The first-order chi connectivity index (χ1) is 13.2. The number of hydrogen-bond donors (Lipinski definition) is 1. The van der Waals surface area contributed by atoms with Crippen LogP contribution in [0.2, 0.25) is 0 Å². The molecule has 0 saturated carbocycles. The van der Waals surface area contributed by atoms with Gasteiger partial charge < -0.3 is 10.1 Å². The number of ether oxygens (including phenoxy) is 1. The monoisotopic (exact) mass is 377 g/mol. The number of nitrogens with one attached hydrogen (secondary N) is 1. The van der Waals surface area contributed by atoms with Gasteiger partial charge in [0, 0.05) is 21.8 Å². The second-order valence-electron chi connectivity index (χ2n) is 6.24. The molecule has 0 aliphatic carbocycles. The predicted octanol–water partition coefficient (Wildman–Crippen LogP) is 5.48. The van der Waals surface area contributed by atoms with Crippen LogP contribution < -0.4 is 10.1 Å². The summed E-state index contributed by atoms with van der Waals surface area (Å²) in [5.41, 5.74) is 2.81. The maximum absolute atomic E-state index is 12.6. The van der Waals surface area contributed by atoms with E-state index in [2.05, 4.69) is 17.4 Å². The minimum Gasteiger partial charge on any atom is -0.496 e. The Labute approximate surface area is 164 Å². The molecule has 0 bridgehead atoms. The van der Waals surface area contributed by atoms with Gasteiger partial charge in [0.2, 0.25) is 0 Å². The lowest BCUT2D eigenvalue weighted by atomic mass is 10.1. The van der Waals surface area contributed by atoms with E-state index in [1.807, 2.05) is 73.7 Å². The van der Waals surface area contributed by atoms with Crippen molar-refractivity contribution in [2.45, 2.75) is 23.6 Å². The smallest absolute Gasteiger partial charge is 0.251 e. The molecule has 3 aromatic rings. The average molecular weight is 378 g/mol. The molecule has 1 atom stereocenters. The molecule has 138 valence electrons. The molecule has 0 radical (unpaired) electrons. The van der Waals surface area contributed by atoms with E-state index in [0.717, 1.165) is 17.1 Å². The lowest BCUT2D eigenvalue weighted by molar-refractivity contribution is 0.0939. The maximum atomic E-state index is 12.6. The highest BCUT2D eigenvalue weighted by Gasteiger charge is 2.14. The molecule has 0 aliphatic heterocycles. The van der Waals surface area contributed by atoms with Gasteiger partial charge in [0.25, 0.3) is 5.91 Å². The Bertz CT molecular complexity index is 878. The SMILES string of the molecule is COc1ccccc1[C@@H](C)NC(=O)c1ccc(CSc2ccccc2)cc1. The fourth-order valence-electron chi connectivity index (χ4n) is 2.82. The highest BCUT2D eigenvalue weighted by atomic mass is 32.2. The maximum Gasteiger partial charge on any atom is 0.251 e. The van der Waals surface area contributed by atoms with Crippen molar-refractivity contribution in [2.24, 2.45) is 0 Å². The summed E-state index contributed by atoms with van der Waals surface area (Å²) in [6.07, 6.45) is 0. The molecule has 0 unspecified atom stereocenters. The number of carbonyl (C=O) groups excluding carboxylic acids is 1. The molecule has 0 aliphatic rings. The first kappa shape index (κ1) is 19.1. The Morgan fingerprint density at radius 3 is 2.33 bits per heavy atom. The average Bonchev–Trinajstić information content (AvgIpc) is 2.73. The second kappa shape index (κ2) is 9.28. The molecule has 3 nitrogen and oxygen atoms in total. The first-order valence-corrected chi connectivity index (χ1v) is 9.86. The summed E-state index contributed by atoms with van der Waals surface area (Å²) in [4.78, 5) is 13.8. The zero-order valence-corrected chi connectivity index (χ0v) is 16.3. The minimum absolute atomic E-state index is 0.0873. The molecule has 0 heterocycles. The summed E-state index contributed by atoms with van der Waals surface area (Å²) in [5, 5.41) is 3.04. The molecule has 0 saturated heterocycles. The lowest BCUT2D eigenvalue weighted by Gasteiger charge is -2.17. The van der Waals surface area contributed by atoms with E-state index in [9.17, 15) is 4.79 Å². The number of thioether (sulfide) groups is 1. The molecule has 1 amide bonds. The predicted molar refractivity (Wildman–Crippen MR) is 111 cm³/mol. The standard InChI is InChI=1S/C23H23NO2S/c1-17(21-10-6-7-11-22(21)26-2)24-23(25)19-14-12-18(13-15-19)16-27-20-8-4-3-5-9-20/h3-15,17H,16H2,1-2H3,(H,24,25)/t17-/m1/s1. The molecule has 4 heteroatoms. The quantitative estimate of drug-likeness (QED) is 0.554. The van der Waals surface area contributed by atoms with Crippen molar-refractivity contribution >= 4 is 17.7 Å². The third kappa shape index (κ3) is 5.14. The molecule has 0 aromatic heterocycles. The molecule has 3 rings (SSSR count). The third-order valence-corrected chi connectivity index (χ3v) is 5.40. The zero-order valence-electron chi connectivity index (χ0n) is 15.5. The van der Waals surface area contributed by atoms with E-state index in [4.69, 9.17) is 4.74 Å². The highest BCUT2D eigenvalue weighted by molar-refractivity contribution is 7.98. The number of amides is 1. The summed E-state index contributed by atoms with van der Waals surface area (Å²) < 4.78 is 5.38. The van der Waals surface area contributed by atoms with Gasteiger partial charge in [0.1, 0.15) is 5.75 Å². The van der Waals surface area contributed by atoms with Gasteiger partial charge in [-0.25, -0.2) is 0 Å². The molecule has 0 fully saturated rings. The van der Waals surface area contributed by atoms with Gasteiger partial charge in [-0.2, -0.15) is 0 Å². The van der Waals surface area contributed by atoms with Gasteiger partial charge in [-0.15, -0.1) is 11.8 Å². The van der Waals surface area contributed by atoms with Crippen LogP contribution in [0, 0.1) is 0 Å². The molecule has 0 spiro atoms. The number of methoxy groups -OCH3 is 1. The summed E-state index contributed by atoms with van der Waals surface area (Å²) in [6, 6.07) is 25.7. The normalized spacial score (nSPS) is 11.6. The molecule has 1 N–H and O–H groups in total. The Hall–Kier alpha value is -2.72. The first-order valence-electron chi connectivity index (χ1n) is 8.88. The Kier molecular flexibility index (Phi) is 6.55. The van der Waals surface area contributed by atoms with Crippen LogP contribution in [0.25, 0.3) is 0 Å². The van der Waals surface area contributed by atoms with Crippen molar-refractivity contribution in [3.05, 3.63) is 95.6 Å². The summed E-state index contributed by atoms with van der Waals surface area (Å²) in [6.45, 7) is 1.96. The number of benzene rings is 3. The Morgan fingerprint density at radius 1 is 0.963 bits per heavy atom. The van der Waals surface area contributed by atoms with E-state index in [1.165, 1.54) is 10.5 Å². The zero-order chi connectivity index (χ0) is 19.1. The minimum atomic E-state index is -0.137. The Morgan fingerprint density at radius 2 is 1.63 bits per heavy atom. The molecular formula is C23H23NO2S. The van der Waals surface area contributed by atoms with Crippen LogP contribution in [0.3, 0.4) is 0 Å². The summed E-state index contributed by atoms with van der Waals surface area (Å²) in [7, 11) is 1.64. The van der Waals surface area contributed by atoms with Crippen LogP contribution in [0.1, 0.15) is 34.5 Å². The van der Waals surface area contributed by atoms with Crippen molar-refractivity contribution in [3.63, 3.8) is 0 Å². The highest BCUT2D eigenvalue weighted by Crippen LogP contribution is 2.25. The van der Waals surface area contributed by atoms with Gasteiger partial charge in [0.15, 0.2) is 0 Å². The van der Waals surface area contributed by atoms with Crippen LogP contribution in [-0.2, 0) is 5.75 Å². The Balaban J connectivity index is 1.60. The van der Waals surface area contributed by atoms with E-state index in [-0.39, 0.29) is 11.9 Å². The van der Waals surface area contributed by atoms with Crippen LogP contribution in [0.5, 0.6) is 5.75 Å². The lowest BCUT2D eigenvalue weighted by Crippen LogP contribution is -2.26. The van der Waals surface area contributed by atoms with Crippen molar-refractivity contribution < 1.29 is 9.53 Å². The number of rotatable bonds is 7. The van der Waals surface area contributed by atoms with E-state index in [1.54, 1.807) is 18.9 Å². The van der Waals surface area contributed by atoms with Crippen molar-refractivity contribution in [1.82, 2.24) is 5.32 Å². The molecule has 27 heavy (non-hydrogen) atoms. The summed E-state index contributed by atoms with van der Waals surface area (Å²) >= 11 is 1.79. The number of para-hydroxylation sites is 1. The van der Waals surface area contributed by atoms with E-state index < -0.39 is 0 Å². The fourth-order valence-corrected chi connectivity index (χ4v) is 3.69. The van der Waals surface area contributed by atoms with Gasteiger partial charge in [-0.05, 0) is 42.8 Å². The van der Waals surface area contributed by atoms with Crippen LogP contribution in [0.15, 0.2) is 83.8 Å². The van der Waals surface area contributed by atoms with Crippen LogP contribution in [0.4, 0.5) is 0 Å². The largest absolute Gasteiger partial charge is 0.496 e. The van der Waals surface area contributed by atoms with Crippen molar-refractivity contribution in [3.8, 4) is 5.75 Å². The molecular weight excluding hydrogens is 354 g/mol. The van der Waals surface area contributed by atoms with E-state index in [0.29, 0.717) is 5.56 Å².